The molecule has 1 saturated heterocycles. The Kier molecular flexibility index (Phi) is 4.42. The predicted molar refractivity (Wildman–Crippen MR) is 87.8 cm³/mol. The van der Waals surface area contributed by atoms with E-state index in [0.29, 0.717) is 5.56 Å². The van der Waals surface area contributed by atoms with Crippen LogP contribution in [0.25, 0.3) is 0 Å². The Bertz CT molecular complexity index is 663. The van der Waals surface area contributed by atoms with Crippen molar-refractivity contribution in [2.75, 3.05) is 18.0 Å². The van der Waals surface area contributed by atoms with E-state index >= 15 is 0 Å². The second-order valence-electron chi connectivity index (χ2n) is 5.46. The molecule has 1 aliphatic heterocycles. The Hall–Kier alpha value is -1.89. The molecule has 0 atom stereocenters. The first-order chi connectivity index (χ1) is 10.6. The molecule has 2 aromatic rings. The van der Waals surface area contributed by atoms with Gasteiger partial charge in [0, 0.05) is 44.8 Å². The van der Waals surface area contributed by atoms with Crippen molar-refractivity contribution in [3.8, 4) is 0 Å². The molecule has 0 saturated carbocycles. The number of nitrogens with zero attached hydrogens (tertiary/aromatic N) is 4. The normalized spacial score (nSPS) is 15.8. The molecule has 116 valence electrons. The zero-order valence-electron chi connectivity index (χ0n) is 12.4. The van der Waals surface area contributed by atoms with Crippen LogP contribution in [0.4, 0.5) is 5.69 Å². The number of aromatic nitrogens is 3. The summed E-state index contributed by atoms with van der Waals surface area (Å²) in [6.07, 6.45) is 8.81. The van der Waals surface area contributed by atoms with Gasteiger partial charge in [-0.1, -0.05) is 0 Å². The number of hydrogen-bond donors (Lipinski definition) is 1. The van der Waals surface area contributed by atoms with Crippen molar-refractivity contribution >= 4 is 27.5 Å². The fraction of sp³-hybridized carbons (Fsp3) is 0.400. The third-order valence-corrected chi connectivity index (χ3v) is 4.50. The highest BCUT2D eigenvalue weighted by atomic mass is 79.9. The molecule has 0 aromatic carbocycles. The average Bonchev–Trinajstić information content (AvgIpc) is 2.95. The second-order valence-corrected chi connectivity index (χ2v) is 6.32. The third kappa shape index (κ3) is 3.30. The van der Waals surface area contributed by atoms with E-state index in [4.69, 9.17) is 0 Å². The number of amides is 1. The molecule has 0 spiro atoms. The summed E-state index contributed by atoms with van der Waals surface area (Å²) in [7, 11) is 1.81. The van der Waals surface area contributed by atoms with Gasteiger partial charge in [-0.3, -0.25) is 14.5 Å². The van der Waals surface area contributed by atoms with Crippen molar-refractivity contribution in [1.82, 2.24) is 20.1 Å². The van der Waals surface area contributed by atoms with Crippen molar-refractivity contribution in [2.45, 2.75) is 18.9 Å². The number of hydrogen-bond acceptors (Lipinski definition) is 4. The van der Waals surface area contributed by atoms with Crippen molar-refractivity contribution in [3.63, 3.8) is 0 Å². The number of rotatable bonds is 3. The fourth-order valence-corrected chi connectivity index (χ4v) is 3.20. The maximum atomic E-state index is 12.1. The molecule has 2 aromatic heterocycles. The van der Waals surface area contributed by atoms with Gasteiger partial charge in [0.1, 0.15) is 0 Å². The minimum atomic E-state index is -0.0448. The van der Waals surface area contributed by atoms with E-state index in [-0.39, 0.29) is 11.9 Å². The van der Waals surface area contributed by atoms with Gasteiger partial charge in [-0.15, -0.1) is 0 Å². The Labute approximate surface area is 137 Å². The van der Waals surface area contributed by atoms with Crippen LogP contribution in [-0.2, 0) is 7.05 Å². The maximum Gasteiger partial charge on any atom is 0.254 e. The number of anilines is 1. The zero-order valence-corrected chi connectivity index (χ0v) is 14.0. The molecule has 1 fully saturated rings. The van der Waals surface area contributed by atoms with E-state index in [1.807, 2.05) is 19.3 Å². The molecular weight excluding hydrogens is 346 g/mol. The van der Waals surface area contributed by atoms with Gasteiger partial charge in [0.25, 0.3) is 5.91 Å². The first-order valence-electron chi connectivity index (χ1n) is 7.27. The SMILES string of the molecule is Cn1cc(C(=O)NC2CCN(c3ccncc3Br)CC2)cn1. The summed E-state index contributed by atoms with van der Waals surface area (Å²) in [6, 6.07) is 2.23. The van der Waals surface area contributed by atoms with Gasteiger partial charge in [-0.25, -0.2) is 0 Å². The van der Waals surface area contributed by atoms with Crippen LogP contribution in [0.1, 0.15) is 23.2 Å². The monoisotopic (exact) mass is 363 g/mol. The first kappa shape index (κ1) is 15.0. The van der Waals surface area contributed by atoms with Gasteiger partial charge < -0.3 is 10.2 Å². The van der Waals surface area contributed by atoms with Crippen molar-refractivity contribution in [1.29, 1.82) is 0 Å². The van der Waals surface area contributed by atoms with Crippen LogP contribution < -0.4 is 10.2 Å². The van der Waals surface area contributed by atoms with E-state index < -0.39 is 0 Å². The van der Waals surface area contributed by atoms with Crippen LogP contribution in [0.2, 0.25) is 0 Å². The average molecular weight is 364 g/mol. The van der Waals surface area contributed by atoms with Crippen molar-refractivity contribution < 1.29 is 4.79 Å². The lowest BCUT2D eigenvalue weighted by Crippen LogP contribution is -2.44. The van der Waals surface area contributed by atoms with Crippen LogP contribution in [0.5, 0.6) is 0 Å². The highest BCUT2D eigenvalue weighted by Gasteiger charge is 2.22. The van der Waals surface area contributed by atoms with Crippen LogP contribution >= 0.6 is 15.9 Å². The lowest BCUT2D eigenvalue weighted by atomic mass is 10.0. The van der Waals surface area contributed by atoms with E-state index in [2.05, 4.69) is 36.2 Å². The molecule has 7 heteroatoms. The Morgan fingerprint density at radius 3 is 2.77 bits per heavy atom. The van der Waals surface area contributed by atoms with Crippen LogP contribution in [-0.4, -0.2) is 39.8 Å². The van der Waals surface area contributed by atoms with Crippen LogP contribution in [0, 0.1) is 0 Å². The van der Waals surface area contributed by atoms with Crippen LogP contribution in [0.3, 0.4) is 0 Å². The van der Waals surface area contributed by atoms with Gasteiger partial charge >= 0.3 is 0 Å². The molecule has 6 nitrogen and oxygen atoms in total. The summed E-state index contributed by atoms with van der Waals surface area (Å²) in [6.45, 7) is 1.83. The Morgan fingerprint density at radius 1 is 1.36 bits per heavy atom. The number of halogens is 1. The largest absolute Gasteiger partial charge is 0.370 e. The molecule has 0 unspecified atom stereocenters. The lowest BCUT2D eigenvalue weighted by molar-refractivity contribution is 0.0931. The summed E-state index contributed by atoms with van der Waals surface area (Å²) in [5.41, 5.74) is 1.77. The first-order valence-corrected chi connectivity index (χ1v) is 8.07. The predicted octanol–water partition coefficient (Wildman–Crippen LogP) is 1.98. The molecular formula is C15H18BrN5O. The van der Waals surface area contributed by atoms with Gasteiger partial charge in [0.05, 0.1) is 21.9 Å². The van der Waals surface area contributed by atoms with Gasteiger partial charge in [-0.05, 0) is 34.8 Å². The van der Waals surface area contributed by atoms with E-state index in [0.717, 1.165) is 36.1 Å². The molecule has 1 amide bonds. The number of carbonyl (C=O) groups is 1. The summed E-state index contributed by atoms with van der Waals surface area (Å²) in [4.78, 5) is 18.5. The van der Waals surface area contributed by atoms with Crippen molar-refractivity contribution in [3.05, 3.63) is 40.9 Å². The number of pyridine rings is 1. The minimum Gasteiger partial charge on any atom is -0.370 e. The fourth-order valence-electron chi connectivity index (χ4n) is 2.70. The zero-order chi connectivity index (χ0) is 15.5. The standard InChI is InChI=1S/C15H18BrN5O/c1-20-10-11(8-18-20)15(22)19-12-3-6-21(7-4-12)14-2-5-17-9-13(14)16/h2,5,8-10,12H,3-4,6-7H2,1H3,(H,19,22). The molecule has 0 aliphatic carbocycles. The number of aryl methyl sites for hydroxylation is 1. The van der Waals surface area contributed by atoms with E-state index in [1.54, 1.807) is 23.3 Å². The second kappa shape index (κ2) is 6.48. The molecule has 0 bridgehead atoms. The van der Waals surface area contributed by atoms with Gasteiger partial charge in [0.15, 0.2) is 0 Å². The molecule has 0 radical (unpaired) electrons. The van der Waals surface area contributed by atoms with Crippen molar-refractivity contribution in [2.24, 2.45) is 7.05 Å². The molecule has 3 heterocycles. The highest BCUT2D eigenvalue weighted by molar-refractivity contribution is 9.10. The maximum absolute atomic E-state index is 12.1. The molecule has 3 rings (SSSR count). The van der Waals surface area contributed by atoms with E-state index in [1.165, 1.54) is 0 Å². The van der Waals surface area contributed by atoms with Gasteiger partial charge in [0.2, 0.25) is 0 Å². The Balaban J connectivity index is 1.56. The number of nitrogens with one attached hydrogen (secondary N) is 1. The Morgan fingerprint density at radius 2 is 2.14 bits per heavy atom. The molecule has 22 heavy (non-hydrogen) atoms. The lowest BCUT2D eigenvalue weighted by Gasteiger charge is -2.34. The molecule has 1 N–H and O–H groups in total. The summed E-state index contributed by atoms with van der Waals surface area (Å²) in [5.74, 6) is -0.0448. The van der Waals surface area contributed by atoms with Crippen LogP contribution in [0.15, 0.2) is 35.3 Å². The minimum absolute atomic E-state index is 0.0448. The number of carbonyl (C=O) groups excluding carboxylic acids is 1. The van der Waals surface area contributed by atoms with E-state index in [9.17, 15) is 4.79 Å². The molecule has 1 aliphatic rings. The highest BCUT2D eigenvalue weighted by Crippen LogP contribution is 2.27. The number of piperidine rings is 1. The summed E-state index contributed by atoms with van der Waals surface area (Å²) < 4.78 is 2.64. The quantitative estimate of drug-likeness (QED) is 0.905. The summed E-state index contributed by atoms with van der Waals surface area (Å²) in [5, 5.41) is 7.12. The topological polar surface area (TPSA) is 63.1 Å². The van der Waals surface area contributed by atoms with Gasteiger partial charge in [-0.2, -0.15) is 5.10 Å². The smallest absolute Gasteiger partial charge is 0.254 e. The summed E-state index contributed by atoms with van der Waals surface area (Å²) >= 11 is 3.54. The third-order valence-electron chi connectivity index (χ3n) is 3.89.